The Morgan fingerprint density at radius 2 is 1.63 bits per heavy atom. The first-order valence-electron chi connectivity index (χ1n) is 8.36. The first-order chi connectivity index (χ1) is 8.97. The van der Waals surface area contributed by atoms with Crippen molar-refractivity contribution in [2.45, 2.75) is 84.2 Å². The summed E-state index contributed by atoms with van der Waals surface area (Å²) in [6.45, 7) is 5.36. The van der Waals surface area contributed by atoms with Crippen molar-refractivity contribution in [3.8, 4) is 0 Å². The molecule has 2 fully saturated rings. The summed E-state index contributed by atoms with van der Waals surface area (Å²) in [6.07, 6.45) is 12.2. The molecule has 3 N–H and O–H groups in total. The van der Waals surface area contributed by atoms with Gasteiger partial charge in [-0.25, -0.2) is 0 Å². The third kappa shape index (κ3) is 3.72. The van der Waals surface area contributed by atoms with Crippen molar-refractivity contribution in [1.82, 2.24) is 0 Å². The maximum atomic E-state index is 10.8. The molecule has 2 aliphatic carbocycles. The number of rotatable bonds is 4. The molecule has 0 aromatic carbocycles. The van der Waals surface area contributed by atoms with Gasteiger partial charge in [0.15, 0.2) is 0 Å². The van der Waals surface area contributed by atoms with Gasteiger partial charge < -0.3 is 10.8 Å². The summed E-state index contributed by atoms with van der Waals surface area (Å²) in [5.41, 5.74) is 6.54. The number of aliphatic hydroxyl groups excluding tert-OH is 1. The molecule has 2 aliphatic rings. The topological polar surface area (TPSA) is 46.2 Å². The van der Waals surface area contributed by atoms with Gasteiger partial charge in [-0.15, -0.1) is 0 Å². The fourth-order valence-electron chi connectivity index (χ4n) is 4.09. The first kappa shape index (κ1) is 15.3. The summed E-state index contributed by atoms with van der Waals surface area (Å²) in [4.78, 5) is 0. The Morgan fingerprint density at radius 3 is 2.16 bits per heavy atom. The van der Waals surface area contributed by atoms with Crippen LogP contribution in [0.25, 0.3) is 0 Å². The van der Waals surface area contributed by atoms with Crippen LogP contribution in [0.5, 0.6) is 0 Å². The SMILES string of the molecule is CC1(C)CCC(CN)(C(O)CC2CCCCC2)CC1. The Morgan fingerprint density at radius 1 is 1.05 bits per heavy atom. The van der Waals surface area contributed by atoms with Crippen LogP contribution in [0, 0.1) is 16.7 Å². The molecule has 2 saturated carbocycles. The second kappa shape index (κ2) is 6.13. The van der Waals surface area contributed by atoms with Gasteiger partial charge >= 0.3 is 0 Å². The average molecular weight is 267 g/mol. The molecular weight excluding hydrogens is 234 g/mol. The van der Waals surface area contributed by atoms with Crippen LogP contribution in [0.1, 0.15) is 78.1 Å². The van der Waals surface area contributed by atoms with E-state index in [-0.39, 0.29) is 11.5 Å². The maximum absolute atomic E-state index is 10.8. The van der Waals surface area contributed by atoms with Crippen molar-refractivity contribution in [3.05, 3.63) is 0 Å². The van der Waals surface area contributed by atoms with Crippen molar-refractivity contribution in [3.63, 3.8) is 0 Å². The van der Waals surface area contributed by atoms with E-state index in [1.54, 1.807) is 0 Å². The van der Waals surface area contributed by atoms with Crippen molar-refractivity contribution < 1.29 is 5.11 Å². The molecule has 1 atom stereocenters. The van der Waals surface area contributed by atoms with Gasteiger partial charge in [0.05, 0.1) is 6.10 Å². The zero-order chi connectivity index (χ0) is 13.9. The van der Waals surface area contributed by atoms with E-state index in [2.05, 4.69) is 13.8 Å². The summed E-state index contributed by atoms with van der Waals surface area (Å²) in [7, 11) is 0. The molecule has 0 radical (unpaired) electrons. The van der Waals surface area contributed by atoms with Crippen LogP contribution in [0.2, 0.25) is 0 Å². The number of hydrogen-bond acceptors (Lipinski definition) is 2. The quantitative estimate of drug-likeness (QED) is 0.812. The van der Waals surface area contributed by atoms with Crippen LogP contribution in [0.4, 0.5) is 0 Å². The highest BCUT2D eigenvalue weighted by Gasteiger charge is 2.42. The summed E-state index contributed by atoms with van der Waals surface area (Å²) in [5, 5.41) is 10.8. The van der Waals surface area contributed by atoms with E-state index in [1.165, 1.54) is 44.9 Å². The molecule has 1 unspecified atom stereocenters. The van der Waals surface area contributed by atoms with E-state index in [9.17, 15) is 5.11 Å². The molecule has 0 bridgehead atoms. The van der Waals surface area contributed by atoms with E-state index in [0.717, 1.165) is 25.2 Å². The van der Waals surface area contributed by atoms with Crippen LogP contribution in [0.3, 0.4) is 0 Å². The van der Waals surface area contributed by atoms with Crippen LogP contribution in [-0.2, 0) is 0 Å². The second-order valence-corrected chi connectivity index (χ2v) is 7.99. The minimum absolute atomic E-state index is 0.0208. The Balaban J connectivity index is 1.92. The third-order valence-corrected chi connectivity index (χ3v) is 5.99. The molecule has 0 spiro atoms. The van der Waals surface area contributed by atoms with Crippen LogP contribution in [0.15, 0.2) is 0 Å². The minimum atomic E-state index is -0.170. The van der Waals surface area contributed by atoms with Crippen molar-refractivity contribution >= 4 is 0 Å². The Bertz CT molecular complexity index is 271. The molecule has 112 valence electrons. The Kier molecular flexibility index (Phi) is 4.94. The van der Waals surface area contributed by atoms with E-state index >= 15 is 0 Å². The van der Waals surface area contributed by atoms with E-state index in [0.29, 0.717) is 12.0 Å². The zero-order valence-electron chi connectivity index (χ0n) is 13.0. The van der Waals surface area contributed by atoms with Gasteiger partial charge in [0.25, 0.3) is 0 Å². The van der Waals surface area contributed by atoms with Gasteiger partial charge in [0.1, 0.15) is 0 Å². The molecule has 0 aromatic rings. The van der Waals surface area contributed by atoms with E-state index in [1.807, 2.05) is 0 Å². The van der Waals surface area contributed by atoms with Crippen molar-refractivity contribution in [2.24, 2.45) is 22.5 Å². The highest BCUT2D eigenvalue weighted by molar-refractivity contribution is 4.95. The second-order valence-electron chi connectivity index (χ2n) is 7.99. The molecule has 0 amide bonds. The molecule has 0 saturated heterocycles. The normalized spacial score (nSPS) is 29.1. The number of hydrogen-bond donors (Lipinski definition) is 2. The Labute approximate surface area is 119 Å². The monoisotopic (exact) mass is 267 g/mol. The van der Waals surface area contributed by atoms with Crippen molar-refractivity contribution in [1.29, 1.82) is 0 Å². The lowest BCUT2D eigenvalue weighted by Crippen LogP contribution is -2.46. The van der Waals surface area contributed by atoms with E-state index in [4.69, 9.17) is 5.73 Å². The lowest BCUT2D eigenvalue weighted by molar-refractivity contribution is -0.0363. The highest BCUT2D eigenvalue weighted by atomic mass is 16.3. The minimum Gasteiger partial charge on any atom is -0.392 e. The van der Waals surface area contributed by atoms with E-state index < -0.39 is 0 Å². The van der Waals surface area contributed by atoms with Gasteiger partial charge in [-0.05, 0) is 43.4 Å². The predicted molar refractivity (Wildman–Crippen MR) is 80.9 cm³/mol. The summed E-state index contributed by atoms with van der Waals surface area (Å²) >= 11 is 0. The first-order valence-corrected chi connectivity index (χ1v) is 8.36. The Hall–Kier alpha value is -0.0800. The zero-order valence-corrected chi connectivity index (χ0v) is 13.0. The van der Waals surface area contributed by atoms with Gasteiger partial charge in [0, 0.05) is 12.0 Å². The molecule has 0 aliphatic heterocycles. The molecule has 2 heteroatoms. The molecule has 19 heavy (non-hydrogen) atoms. The molecule has 0 heterocycles. The molecule has 2 rings (SSSR count). The number of nitrogens with two attached hydrogens (primary N) is 1. The predicted octanol–water partition coefficient (Wildman–Crippen LogP) is 3.86. The van der Waals surface area contributed by atoms with Crippen LogP contribution >= 0.6 is 0 Å². The van der Waals surface area contributed by atoms with Crippen LogP contribution < -0.4 is 5.73 Å². The fraction of sp³-hybridized carbons (Fsp3) is 1.00. The lowest BCUT2D eigenvalue weighted by Gasteiger charge is -2.46. The fourth-order valence-corrected chi connectivity index (χ4v) is 4.09. The summed E-state index contributed by atoms with van der Waals surface area (Å²) < 4.78 is 0. The third-order valence-electron chi connectivity index (χ3n) is 5.99. The molecule has 2 nitrogen and oxygen atoms in total. The average Bonchev–Trinajstić information content (AvgIpc) is 2.40. The van der Waals surface area contributed by atoms with Gasteiger partial charge in [-0.2, -0.15) is 0 Å². The smallest absolute Gasteiger partial charge is 0.0611 e. The lowest BCUT2D eigenvalue weighted by atomic mass is 9.61. The van der Waals surface area contributed by atoms with Gasteiger partial charge in [-0.3, -0.25) is 0 Å². The standard InChI is InChI=1S/C17H33NO/c1-16(2)8-10-17(13-18,11-9-16)15(19)12-14-6-4-3-5-7-14/h14-15,19H,3-13,18H2,1-2H3. The molecule has 0 aromatic heterocycles. The van der Waals surface area contributed by atoms with Crippen LogP contribution in [-0.4, -0.2) is 17.8 Å². The number of aliphatic hydroxyl groups is 1. The maximum Gasteiger partial charge on any atom is 0.0611 e. The summed E-state index contributed by atoms with van der Waals surface area (Å²) in [5.74, 6) is 0.752. The largest absolute Gasteiger partial charge is 0.392 e. The van der Waals surface area contributed by atoms with Gasteiger partial charge in [0.2, 0.25) is 0 Å². The molecular formula is C17H33NO. The van der Waals surface area contributed by atoms with Crippen molar-refractivity contribution in [2.75, 3.05) is 6.54 Å². The highest BCUT2D eigenvalue weighted by Crippen LogP contribution is 2.48. The van der Waals surface area contributed by atoms with Gasteiger partial charge in [-0.1, -0.05) is 46.0 Å². The summed E-state index contributed by atoms with van der Waals surface area (Å²) in [6, 6.07) is 0.